The molecular weight excluding hydrogens is 200 g/mol. The van der Waals surface area contributed by atoms with E-state index in [9.17, 15) is 10.2 Å². The second-order valence-electron chi connectivity index (χ2n) is 5.01. The highest BCUT2D eigenvalue weighted by Crippen LogP contribution is 2.43. The van der Waals surface area contributed by atoms with Crippen LogP contribution in [-0.4, -0.2) is 23.4 Å². The maximum absolute atomic E-state index is 9.44. The summed E-state index contributed by atoms with van der Waals surface area (Å²) in [5, 5.41) is 18.9. The summed E-state index contributed by atoms with van der Waals surface area (Å²) in [6, 6.07) is 0. The van der Waals surface area contributed by atoms with Crippen LogP contribution in [0.5, 0.6) is 0 Å². The Balaban J connectivity index is 2.07. The van der Waals surface area contributed by atoms with Gasteiger partial charge < -0.3 is 10.2 Å². The summed E-state index contributed by atoms with van der Waals surface area (Å²) < 4.78 is 0. The molecule has 0 aromatic rings. The predicted molar refractivity (Wildman–Crippen MR) is 63.5 cm³/mol. The Labute approximate surface area is 96.7 Å². The number of terminal acetylenes is 1. The molecule has 0 aliphatic heterocycles. The van der Waals surface area contributed by atoms with Crippen molar-refractivity contribution in [3.63, 3.8) is 0 Å². The molecule has 0 amide bonds. The number of hydrogen-bond donors (Lipinski definition) is 2. The number of aliphatic hydroxyl groups excluding tert-OH is 2. The second-order valence-corrected chi connectivity index (χ2v) is 5.01. The zero-order valence-electron chi connectivity index (χ0n) is 9.39. The van der Waals surface area contributed by atoms with E-state index in [0.29, 0.717) is 18.3 Å². The molecule has 2 atom stereocenters. The fourth-order valence-corrected chi connectivity index (χ4v) is 2.70. The standard InChI is InChI=1S/C14H18O2/c1-2-5-14(9-15,10-16)8-13-7-11-3-4-12(13)6-11/h1,3-4,7,11-12,15-16H,5-6,8-10H2. The third-order valence-electron chi connectivity index (χ3n) is 3.75. The van der Waals surface area contributed by atoms with Crippen molar-refractivity contribution in [2.75, 3.05) is 13.2 Å². The van der Waals surface area contributed by atoms with Gasteiger partial charge in [-0.1, -0.05) is 23.8 Å². The number of fused-ring (bicyclic) bond motifs is 2. The van der Waals surface area contributed by atoms with Gasteiger partial charge in [0, 0.05) is 11.8 Å². The summed E-state index contributed by atoms with van der Waals surface area (Å²) in [5.41, 5.74) is 0.810. The molecule has 0 saturated heterocycles. The third kappa shape index (κ3) is 1.93. The largest absolute Gasteiger partial charge is 0.396 e. The van der Waals surface area contributed by atoms with Crippen LogP contribution in [-0.2, 0) is 0 Å². The van der Waals surface area contributed by atoms with E-state index in [4.69, 9.17) is 6.42 Å². The van der Waals surface area contributed by atoms with Crippen molar-refractivity contribution in [2.45, 2.75) is 19.3 Å². The van der Waals surface area contributed by atoms with Crippen LogP contribution in [0.2, 0.25) is 0 Å². The van der Waals surface area contributed by atoms with Gasteiger partial charge in [-0.25, -0.2) is 0 Å². The molecule has 2 heteroatoms. The van der Waals surface area contributed by atoms with E-state index in [1.54, 1.807) is 0 Å². The highest BCUT2D eigenvalue weighted by molar-refractivity contribution is 5.31. The van der Waals surface area contributed by atoms with E-state index in [-0.39, 0.29) is 13.2 Å². The van der Waals surface area contributed by atoms with Gasteiger partial charge in [0.1, 0.15) is 0 Å². The van der Waals surface area contributed by atoms with E-state index in [2.05, 4.69) is 24.1 Å². The first-order valence-electron chi connectivity index (χ1n) is 5.77. The fraction of sp³-hybridized carbons (Fsp3) is 0.571. The predicted octanol–water partition coefficient (Wildman–Crippen LogP) is 1.50. The Hall–Kier alpha value is -1.04. The van der Waals surface area contributed by atoms with Crippen molar-refractivity contribution < 1.29 is 10.2 Å². The van der Waals surface area contributed by atoms with Crippen molar-refractivity contribution >= 4 is 0 Å². The quantitative estimate of drug-likeness (QED) is 0.542. The first kappa shape index (κ1) is 11.4. The van der Waals surface area contributed by atoms with Crippen molar-refractivity contribution in [2.24, 2.45) is 17.3 Å². The number of rotatable bonds is 5. The first-order chi connectivity index (χ1) is 7.73. The average molecular weight is 218 g/mol. The molecule has 2 unspecified atom stereocenters. The highest BCUT2D eigenvalue weighted by atomic mass is 16.3. The van der Waals surface area contributed by atoms with Gasteiger partial charge in [0.15, 0.2) is 0 Å². The van der Waals surface area contributed by atoms with Crippen LogP contribution < -0.4 is 0 Å². The van der Waals surface area contributed by atoms with Crippen molar-refractivity contribution in [3.05, 3.63) is 23.8 Å². The van der Waals surface area contributed by atoms with Gasteiger partial charge in [-0.15, -0.1) is 12.3 Å². The molecule has 86 valence electrons. The molecule has 0 radical (unpaired) electrons. The van der Waals surface area contributed by atoms with Gasteiger partial charge >= 0.3 is 0 Å². The van der Waals surface area contributed by atoms with Crippen molar-refractivity contribution in [1.29, 1.82) is 0 Å². The molecule has 2 aliphatic carbocycles. The molecule has 0 spiro atoms. The van der Waals surface area contributed by atoms with Crippen LogP contribution in [0.3, 0.4) is 0 Å². The van der Waals surface area contributed by atoms with Crippen molar-refractivity contribution in [3.8, 4) is 12.3 Å². The Bertz CT molecular complexity index is 355. The summed E-state index contributed by atoms with van der Waals surface area (Å²) >= 11 is 0. The minimum atomic E-state index is -0.529. The lowest BCUT2D eigenvalue weighted by molar-refractivity contribution is 0.0576. The summed E-state index contributed by atoms with van der Waals surface area (Å²) in [4.78, 5) is 0. The van der Waals surface area contributed by atoms with Crippen LogP contribution in [0.1, 0.15) is 19.3 Å². The monoisotopic (exact) mass is 218 g/mol. The highest BCUT2D eigenvalue weighted by Gasteiger charge is 2.35. The number of aliphatic hydroxyl groups is 2. The molecule has 0 heterocycles. The lowest BCUT2D eigenvalue weighted by Gasteiger charge is -2.29. The van der Waals surface area contributed by atoms with E-state index in [1.165, 1.54) is 12.0 Å². The minimum absolute atomic E-state index is 0.0495. The SMILES string of the molecule is C#CCC(CO)(CO)CC1=CC2C=CC1C2. The summed E-state index contributed by atoms with van der Waals surface area (Å²) in [5.74, 6) is 3.65. The average Bonchev–Trinajstić information content (AvgIpc) is 2.90. The van der Waals surface area contributed by atoms with Crippen LogP contribution in [0.25, 0.3) is 0 Å². The van der Waals surface area contributed by atoms with E-state index in [0.717, 1.165) is 6.42 Å². The Kier molecular flexibility index (Phi) is 3.18. The third-order valence-corrected chi connectivity index (χ3v) is 3.75. The molecule has 0 aromatic heterocycles. The van der Waals surface area contributed by atoms with Crippen LogP contribution in [0, 0.1) is 29.6 Å². The van der Waals surface area contributed by atoms with Gasteiger partial charge in [-0.05, 0) is 24.7 Å². The smallest absolute Gasteiger partial charge is 0.0521 e. The van der Waals surface area contributed by atoms with Gasteiger partial charge in [0.05, 0.1) is 13.2 Å². The lowest BCUT2D eigenvalue weighted by atomic mass is 9.78. The zero-order valence-corrected chi connectivity index (χ0v) is 9.39. The van der Waals surface area contributed by atoms with Crippen LogP contribution >= 0.6 is 0 Å². The normalized spacial score (nSPS) is 26.9. The fourth-order valence-electron chi connectivity index (χ4n) is 2.70. The molecule has 2 bridgehead atoms. The molecular formula is C14H18O2. The van der Waals surface area contributed by atoms with E-state index in [1.807, 2.05) is 0 Å². The zero-order chi connectivity index (χ0) is 11.6. The Morgan fingerprint density at radius 2 is 2.12 bits per heavy atom. The minimum Gasteiger partial charge on any atom is -0.396 e. The maximum atomic E-state index is 9.44. The number of hydrogen-bond acceptors (Lipinski definition) is 2. The van der Waals surface area contributed by atoms with Crippen molar-refractivity contribution in [1.82, 2.24) is 0 Å². The molecule has 16 heavy (non-hydrogen) atoms. The molecule has 0 saturated carbocycles. The second kappa shape index (κ2) is 4.45. The van der Waals surface area contributed by atoms with Gasteiger partial charge in [0.25, 0.3) is 0 Å². The van der Waals surface area contributed by atoms with Gasteiger partial charge in [-0.2, -0.15) is 0 Å². The van der Waals surface area contributed by atoms with Gasteiger partial charge in [-0.3, -0.25) is 0 Å². The van der Waals surface area contributed by atoms with Crippen LogP contribution in [0.4, 0.5) is 0 Å². The molecule has 2 N–H and O–H groups in total. The Morgan fingerprint density at radius 3 is 2.56 bits per heavy atom. The van der Waals surface area contributed by atoms with E-state index < -0.39 is 5.41 Å². The molecule has 2 nitrogen and oxygen atoms in total. The number of allylic oxidation sites excluding steroid dienone is 4. The first-order valence-corrected chi connectivity index (χ1v) is 5.77. The topological polar surface area (TPSA) is 40.5 Å². The van der Waals surface area contributed by atoms with E-state index >= 15 is 0 Å². The van der Waals surface area contributed by atoms with Crippen LogP contribution in [0.15, 0.2) is 23.8 Å². The lowest BCUT2D eigenvalue weighted by Crippen LogP contribution is -2.30. The molecule has 2 rings (SSSR count). The summed E-state index contributed by atoms with van der Waals surface area (Å²) in [7, 11) is 0. The summed E-state index contributed by atoms with van der Waals surface area (Å²) in [6.45, 7) is -0.0989. The summed E-state index contributed by atoms with van der Waals surface area (Å²) in [6.07, 6.45) is 14.3. The molecule has 0 aromatic carbocycles. The molecule has 2 aliphatic rings. The van der Waals surface area contributed by atoms with Gasteiger partial charge in [0.2, 0.25) is 0 Å². The Morgan fingerprint density at radius 1 is 1.38 bits per heavy atom. The maximum Gasteiger partial charge on any atom is 0.0521 e. The molecule has 0 fully saturated rings.